The van der Waals surface area contributed by atoms with Crippen LogP contribution in [0.2, 0.25) is 0 Å². The molecule has 3 heterocycles. The molecule has 5 nitrogen and oxygen atoms in total. The Bertz CT molecular complexity index is 567. The van der Waals surface area contributed by atoms with Gasteiger partial charge < -0.3 is 9.80 Å². The molecular formula is C20H30N4O. The molecule has 4 rings (SSSR count). The third-order valence-corrected chi connectivity index (χ3v) is 6.73. The first-order chi connectivity index (χ1) is 12.3. The SMILES string of the molecule is O=C(C1CCN(c2ncccn2)CC1)N1CCC2(CCCCC2)CC1. The van der Waals surface area contributed by atoms with E-state index in [4.69, 9.17) is 0 Å². The second kappa shape index (κ2) is 7.30. The van der Waals surface area contributed by atoms with E-state index >= 15 is 0 Å². The fourth-order valence-corrected chi connectivity index (χ4v) is 5.04. The molecule has 1 saturated carbocycles. The quantitative estimate of drug-likeness (QED) is 0.828. The lowest BCUT2D eigenvalue weighted by Gasteiger charge is -2.45. The Balaban J connectivity index is 1.28. The Morgan fingerprint density at radius 3 is 2.20 bits per heavy atom. The van der Waals surface area contributed by atoms with Crippen LogP contribution in [0.15, 0.2) is 18.5 Å². The van der Waals surface area contributed by atoms with Crippen LogP contribution in [-0.4, -0.2) is 47.0 Å². The number of rotatable bonds is 2. The van der Waals surface area contributed by atoms with Crippen LogP contribution in [0.25, 0.3) is 0 Å². The van der Waals surface area contributed by atoms with Crippen molar-refractivity contribution in [1.29, 1.82) is 0 Å². The highest BCUT2D eigenvalue weighted by Gasteiger charge is 2.38. The van der Waals surface area contributed by atoms with Gasteiger partial charge in [0, 0.05) is 44.5 Å². The number of hydrogen-bond acceptors (Lipinski definition) is 4. The van der Waals surface area contributed by atoms with Crippen molar-refractivity contribution < 1.29 is 4.79 Å². The Labute approximate surface area is 150 Å². The molecular weight excluding hydrogens is 312 g/mol. The van der Waals surface area contributed by atoms with Crippen LogP contribution >= 0.6 is 0 Å². The maximum atomic E-state index is 12.9. The predicted molar refractivity (Wildman–Crippen MR) is 98.3 cm³/mol. The topological polar surface area (TPSA) is 49.3 Å². The summed E-state index contributed by atoms with van der Waals surface area (Å²) in [6.07, 6.45) is 14.9. The average Bonchev–Trinajstić information content (AvgIpc) is 2.70. The van der Waals surface area contributed by atoms with Crippen LogP contribution in [0.1, 0.15) is 57.8 Å². The van der Waals surface area contributed by atoms with Crippen molar-refractivity contribution in [3.63, 3.8) is 0 Å². The Kier molecular flexibility index (Phi) is 4.91. The third-order valence-electron chi connectivity index (χ3n) is 6.73. The first-order valence-electron chi connectivity index (χ1n) is 10.1. The largest absolute Gasteiger partial charge is 0.342 e. The molecule has 1 amide bonds. The lowest BCUT2D eigenvalue weighted by Crippen LogP contribution is -2.48. The monoisotopic (exact) mass is 342 g/mol. The van der Waals surface area contributed by atoms with Gasteiger partial charge in [0.05, 0.1) is 0 Å². The van der Waals surface area contributed by atoms with E-state index in [1.54, 1.807) is 12.4 Å². The van der Waals surface area contributed by atoms with Gasteiger partial charge in [-0.15, -0.1) is 0 Å². The van der Waals surface area contributed by atoms with E-state index in [-0.39, 0.29) is 5.92 Å². The highest BCUT2D eigenvalue weighted by molar-refractivity contribution is 5.79. The minimum Gasteiger partial charge on any atom is -0.342 e. The zero-order chi connectivity index (χ0) is 17.1. The summed E-state index contributed by atoms with van der Waals surface area (Å²) in [7, 11) is 0. The van der Waals surface area contributed by atoms with E-state index in [0.717, 1.165) is 45.0 Å². The van der Waals surface area contributed by atoms with Crippen molar-refractivity contribution >= 4 is 11.9 Å². The molecule has 0 radical (unpaired) electrons. The number of piperidine rings is 2. The average molecular weight is 342 g/mol. The third kappa shape index (κ3) is 3.65. The Hall–Kier alpha value is -1.65. The summed E-state index contributed by atoms with van der Waals surface area (Å²) in [4.78, 5) is 26.0. The lowest BCUT2D eigenvalue weighted by atomic mass is 9.68. The van der Waals surface area contributed by atoms with Crippen molar-refractivity contribution in [2.24, 2.45) is 11.3 Å². The Morgan fingerprint density at radius 2 is 1.56 bits per heavy atom. The van der Waals surface area contributed by atoms with Crippen molar-refractivity contribution in [1.82, 2.24) is 14.9 Å². The molecule has 25 heavy (non-hydrogen) atoms. The summed E-state index contributed by atoms with van der Waals surface area (Å²) in [6, 6.07) is 1.84. The van der Waals surface area contributed by atoms with Gasteiger partial charge in [-0.05, 0) is 50.0 Å². The fourth-order valence-electron chi connectivity index (χ4n) is 5.04. The second-order valence-electron chi connectivity index (χ2n) is 8.20. The molecule has 0 N–H and O–H groups in total. The summed E-state index contributed by atoms with van der Waals surface area (Å²) in [6.45, 7) is 3.75. The van der Waals surface area contributed by atoms with Crippen molar-refractivity contribution in [2.75, 3.05) is 31.1 Å². The van der Waals surface area contributed by atoms with E-state index in [9.17, 15) is 4.79 Å². The predicted octanol–water partition coefficient (Wildman–Crippen LogP) is 3.27. The molecule has 1 aromatic heterocycles. The van der Waals surface area contributed by atoms with E-state index in [1.807, 2.05) is 6.07 Å². The summed E-state index contributed by atoms with van der Waals surface area (Å²) in [5.41, 5.74) is 0.572. The van der Waals surface area contributed by atoms with Gasteiger partial charge in [-0.1, -0.05) is 19.3 Å². The van der Waals surface area contributed by atoms with Crippen molar-refractivity contribution in [3.8, 4) is 0 Å². The summed E-state index contributed by atoms with van der Waals surface area (Å²) < 4.78 is 0. The van der Waals surface area contributed by atoms with Gasteiger partial charge in [0.2, 0.25) is 11.9 Å². The number of nitrogens with zero attached hydrogens (tertiary/aromatic N) is 4. The van der Waals surface area contributed by atoms with Crippen molar-refractivity contribution in [3.05, 3.63) is 18.5 Å². The molecule has 0 bridgehead atoms. The van der Waals surface area contributed by atoms with Gasteiger partial charge >= 0.3 is 0 Å². The maximum absolute atomic E-state index is 12.9. The van der Waals surface area contributed by atoms with E-state index in [2.05, 4.69) is 19.8 Å². The molecule has 2 aliphatic heterocycles. The normalized spacial score (nSPS) is 24.5. The number of carbonyl (C=O) groups excluding carboxylic acids is 1. The van der Waals surface area contributed by atoms with E-state index in [1.165, 1.54) is 44.9 Å². The van der Waals surface area contributed by atoms with Gasteiger partial charge in [0.25, 0.3) is 0 Å². The van der Waals surface area contributed by atoms with Gasteiger partial charge in [0.1, 0.15) is 0 Å². The van der Waals surface area contributed by atoms with Crippen LogP contribution in [0.4, 0.5) is 5.95 Å². The highest BCUT2D eigenvalue weighted by Crippen LogP contribution is 2.44. The van der Waals surface area contributed by atoms with Gasteiger partial charge in [-0.2, -0.15) is 0 Å². The minimum atomic E-state index is 0.195. The second-order valence-corrected chi connectivity index (χ2v) is 8.20. The van der Waals surface area contributed by atoms with Crippen molar-refractivity contribution in [2.45, 2.75) is 57.8 Å². The summed E-state index contributed by atoms with van der Waals surface area (Å²) >= 11 is 0. The number of hydrogen-bond donors (Lipinski definition) is 0. The van der Waals surface area contributed by atoms with E-state index < -0.39 is 0 Å². The van der Waals surface area contributed by atoms with Crippen LogP contribution in [0, 0.1) is 11.3 Å². The lowest BCUT2D eigenvalue weighted by molar-refractivity contribution is -0.139. The number of aromatic nitrogens is 2. The molecule has 5 heteroatoms. The first-order valence-corrected chi connectivity index (χ1v) is 10.1. The molecule has 1 aliphatic carbocycles. The zero-order valence-corrected chi connectivity index (χ0v) is 15.2. The smallest absolute Gasteiger partial charge is 0.225 e. The molecule has 1 aromatic rings. The van der Waals surface area contributed by atoms with Crippen LogP contribution in [0.5, 0.6) is 0 Å². The number of amides is 1. The van der Waals surface area contributed by atoms with Crippen LogP contribution in [0.3, 0.4) is 0 Å². The molecule has 0 atom stereocenters. The van der Waals surface area contributed by atoms with E-state index in [0.29, 0.717) is 11.3 Å². The molecule has 136 valence electrons. The number of likely N-dealkylation sites (tertiary alicyclic amines) is 1. The minimum absolute atomic E-state index is 0.195. The molecule has 0 aromatic carbocycles. The standard InChI is InChI=1S/C20H30N4O/c25-18(23-15-9-20(10-16-23)7-2-1-3-8-20)17-5-13-24(14-6-17)19-21-11-4-12-22-19/h4,11-12,17H,1-3,5-10,13-16H2. The molecule has 1 spiro atoms. The first kappa shape index (κ1) is 16.8. The summed E-state index contributed by atoms with van der Waals surface area (Å²) in [5.74, 6) is 1.39. The van der Waals surface area contributed by atoms with Gasteiger partial charge in [-0.3, -0.25) is 4.79 Å². The molecule has 0 unspecified atom stereocenters. The number of anilines is 1. The molecule has 3 fully saturated rings. The fraction of sp³-hybridized carbons (Fsp3) is 0.750. The van der Waals surface area contributed by atoms with Crippen LogP contribution in [-0.2, 0) is 4.79 Å². The highest BCUT2D eigenvalue weighted by atomic mass is 16.2. The maximum Gasteiger partial charge on any atom is 0.225 e. The summed E-state index contributed by atoms with van der Waals surface area (Å²) in [5, 5.41) is 0. The van der Waals surface area contributed by atoms with Crippen LogP contribution < -0.4 is 4.90 Å². The Morgan fingerprint density at radius 1 is 0.920 bits per heavy atom. The molecule has 2 saturated heterocycles. The number of carbonyl (C=O) groups is 1. The van der Waals surface area contributed by atoms with Gasteiger partial charge in [0.15, 0.2) is 0 Å². The molecule has 3 aliphatic rings. The zero-order valence-electron chi connectivity index (χ0n) is 15.2. The van der Waals surface area contributed by atoms with Gasteiger partial charge in [-0.25, -0.2) is 9.97 Å².